The molecule has 0 spiro atoms. The van der Waals surface area contributed by atoms with Gasteiger partial charge in [-0.3, -0.25) is 0 Å². The average molecular weight is 319 g/mol. The van der Waals surface area contributed by atoms with Crippen LogP contribution in [0.3, 0.4) is 0 Å². The van der Waals surface area contributed by atoms with Crippen LogP contribution in [-0.2, 0) is 13.1 Å². The summed E-state index contributed by atoms with van der Waals surface area (Å²) in [6, 6.07) is 3.89. The van der Waals surface area contributed by atoms with Crippen molar-refractivity contribution < 1.29 is 14.2 Å². The van der Waals surface area contributed by atoms with Crippen molar-refractivity contribution in [2.75, 3.05) is 27.9 Å². The van der Waals surface area contributed by atoms with Crippen LogP contribution in [0, 0.1) is 5.92 Å². The summed E-state index contributed by atoms with van der Waals surface area (Å²) >= 11 is 0. The zero-order valence-corrected chi connectivity index (χ0v) is 14.2. The van der Waals surface area contributed by atoms with Crippen molar-refractivity contribution in [1.82, 2.24) is 14.9 Å². The molecule has 0 radical (unpaired) electrons. The van der Waals surface area contributed by atoms with Gasteiger partial charge in [0.25, 0.3) is 0 Å². The molecule has 1 aromatic carbocycles. The van der Waals surface area contributed by atoms with E-state index in [2.05, 4.69) is 21.8 Å². The van der Waals surface area contributed by atoms with E-state index in [0.29, 0.717) is 29.7 Å². The highest BCUT2D eigenvalue weighted by Crippen LogP contribution is 2.39. The molecule has 1 N–H and O–H groups in total. The molecular weight excluding hydrogens is 294 g/mol. The molecule has 1 heterocycles. The van der Waals surface area contributed by atoms with Crippen molar-refractivity contribution in [3.05, 3.63) is 36.4 Å². The molecule has 1 aromatic heterocycles. The smallest absolute Gasteiger partial charge is 0.203 e. The second kappa shape index (κ2) is 8.43. The molecule has 1 atom stereocenters. The fourth-order valence-corrected chi connectivity index (χ4v) is 2.57. The first kappa shape index (κ1) is 17.1. The molecule has 1 unspecified atom stereocenters. The Hall–Kier alpha value is -2.21. The van der Waals surface area contributed by atoms with E-state index in [1.807, 2.05) is 24.7 Å². The Morgan fingerprint density at radius 1 is 1.13 bits per heavy atom. The van der Waals surface area contributed by atoms with Crippen LogP contribution in [0.5, 0.6) is 17.2 Å². The van der Waals surface area contributed by atoms with Crippen molar-refractivity contribution in [3.63, 3.8) is 0 Å². The number of hydrogen-bond donors (Lipinski definition) is 1. The summed E-state index contributed by atoms with van der Waals surface area (Å²) < 4.78 is 18.3. The molecule has 6 nitrogen and oxygen atoms in total. The molecule has 0 amide bonds. The minimum Gasteiger partial charge on any atom is -0.493 e. The minimum absolute atomic E-state index is 0.496. The summed E-state index contributed by atoms with van der Waals surface area (Å²) in [5.41, 5.74) is 1.04. The third-order valence-corrected chi connectivity index (χ3v) is 3.68. The van der Waals surface area contributed by atoms with E-state index in [1.54, 1.807) is 27.5 Å². The highest BCUT2D eigenvalue weighted by Gasteiger charge is 2.15. The van der Waals surface area contributed by atoms with Gasteiger partial charge in [0.05, 0.1) is 27.7 Å². The van der Waals surface area contributed by atoms with E-state index in [0.717, 1.165) is 18.7 Å². The minimum atomic E-state index is 0.496. The first-order chi connectivity index (χ1) is 11.2. The van der Waals surface area contributed by atoms with Gasteiger partial charge in [0.15, 0.2) is 11.5 Å². The number of benzene rings is 1. The SMILES string of the molecule is COc1ccc(CNCC(C)Cn2ccnc2)c(OC)c1OC. The van der Waals surface area contributed by atoms with Gasteiger partial charge in [0, 0.05) is 31.0 Å². The van der Waals surface area contributed by atoms with Crippen molar-refractivity contribution >= 4 is 0 Å². The third kappa shape index (κ3) is 4.39. The van der Waals surface area contributed by atoms with Gasteiger partial charge in [-0.2, -0.15) is 0 Å². The van der Waals surface area contributed by atoms with Crippen molar-refractivity contribution in [2.45, 2.75) is 20.0 Å². The number of nitrogens with zero attached hydrogens (tertiary/aromatic N) is 2. The molecule has 0 saturated carbocycles. The predicted molar refractivity (Wildman–Crippen MR) is 89.2 cm³/mol. The lowest BCUT2D eigenvalue weighted by Crippen LogP contribution is -2.23. The van der Waals surface area contributed by atoms with Gasteiger partial charge in [0.1, 0.15) is 0 Å². The van der Waals surface area contributed by atoms with Crippen LogP contribution in [0.2, 0.25) is 0 Å². The first-order valence-corrected chi connectivity index (χ1v) is 7.63. The summed E-state index contributed by atoms with van der Waals surface area (Å²) in [6.45, 7) is 4.75. The molecule has 0 saturated heterocycles. The second-order valence-corrected chi connectivity index (χ2v) is 5.49. The van der Waals surface area contributed by atoms with E-state index >= 15 is 0 Å². The van der Waals surface area contributed by atoms with Crippen molar-refractivity contribution in [3.8, 4) is 17.2 Å². The van der Waals surface area contributed by atoms with E-state index in [-0.39, 0.29) is 0 Å². The predicted octanol–water partition coefficient (Wildman–Crippen LogP) is 2.33. The second-order valence-electron chi connectivity index (χ2n) is 5.49. The van der Waals surface area contributed by atoms with Gasteiger partial charge >= 0.3 is 0 Å². The van der Waals surface area contributed by atoms with E-state index in [1.165, 1.54) is 0 Å². The van der Waals surface area contributed by atoms with Gasteiger partial charge in [-0.05, 0) is 18.5 Å². The van der Waals surface area contributed by atoms with Crippen LogP contribution in [0.4, 0.5) is 0 Å². The number of methoxy groups -OCH3 is 3. The molecule has 0 aliphatic rings. The lowest BCUT2D eigenvalue weighted by Gasteiger charge is -2.17. The molecule has 0 bridgehead atoms. The average Bonchev–Trinajstić information content (AvgIpc) is 3.06. The topological polar surface area (TPSA) is 57.5 Å². The molecule has 0 aliphatic heterocycles. The Balaban J connectivity index is 1.94. The van der Waals surface area contributed by atoms with Crippen LogP contribution < -0.4 is 19.5 Å². The summed E-state index contributed by atoms with van der Waals surface area (Å²) in [4.78, 5) is 4.06. The Morgan fingerprint density at radius 3 is 2.52 bits per heavy atom. The Labute approximate surface area is 137 Å². The Bertz CT molecular complexity index is 599. The van der Waals surface area contributed by atoms with Crippen LogP contribution in [0.15, 0.2) is 30.9 Å². The summed E-state index contributed by atoms with van der Waals surface area (Å²) in [5, 5.41) is 3.47. The Kier molecular flexibility index (Phi) is 6.29. The van der Waals surface area contributed by atoms with Crippen LogP contribution >= 0.6 is 0 Å². The summed E-state index contributed by atoms with van der Waals surface area (Å²) in [6.07, 6.45) is 5.62. The van der Waals surface area contributed by atoms with Crippen molar-refractivity contribution in [1.29, 1.82) is 0 Å². The number of aromatic nitrogens is 2. The van der Waals surface area contributed by atoms with Gasteiger partial charge in [-0.1, -0.05) is 13.0 Å². The number of nitrogens with one attached hydrogen (secondary N) is 1. The van der Waals surface area contributed by atoms with Gasteiger partial charge in [-0.25, -0.2) is 4.98 Å². The number of rotatable bonds is 9. The Morgan fingerprint density at radius 2 is 1.91 bits per heavy atom. The van der Waals surface area contributed by atoms with Crippen LogP contribution in [0.1, 0.15) is 12.5 Å². The highest BCUT2D eigenvalue weighted by atomic mass is 16.5. The summed E-state index contributed by atoms with van der Waals surface area (Å²) in [5.74, 6) is 2.50. The summed E-state index contributed by atoms with van der Waals surface area (Å²) in [7, 11) is 4.88. The molecule has 0 aliphatic carbocycles. The van der Waals surface area contributed by atoms with Crippen LogP contribution in [0.25, 0.3) is 0 Å². The largest absolute Gasteiger partial charge is 0.493 e. The maximum absolute atomic E-state index is 5.50. The highest BCUT2D eigenvalue weighted by molar-refractivity contribution is 5.55. The number of hydrogen-bond acceptors (Lipinski definition) is 5. The molecule has 2 aromatic rings. The number of imidazole rings is 1. The quantitative estimate of drug-likeness (QED) is 0.769. The molecule has 0 fully saturated rings. The zero-order valence-electron chi connectivity index (χ0n) is 14.2. The maximum atomic E-state index is 5.50. The van der Waals surface area contributed by atoms with E-state index in [9.17, 15) is 0 Å². The normalized spacial score (nSPS) is 12.0. The van der Waals surface area contributed by atoms with Crippen molar-refractivity contribution in [2.24, 2.45) is 5.92 Å². The van der Waals surface area contributed by atoms with Gasteiger partial charge in [0.2, 0.25) is 5.75 Å². The molecule has 2 rings (SSSR count). The lowest BCUT2D eigenvalue weighted by atomic mass is 10.1. The van der Waals surface area contributed by atoms with E-state index < -0.39 is 0 Å². The van der Waals surface area contributed by atoms with E-state index in [4.69, 9.17) is 14.2 Å². The molecular formula is C17H25N3O3. The molecule has 6 heteroatoms. The fraction of sp³-hybridized carbons (Fsp3) is 0.471. The lowest BCUT2D eigenvalue weighted by molar-refractivity contribution is 0.321. The molecule has 126 valence electrons. The fourth-order valence-electron chi connectivity index (χ4n) is 2.57. The number of ether oxygens (including phenoxy) is 3. The van der Waals surface area contributed by atoms with Gasteiger partial charge in [-0.15, -0.1) is 0 Å². The standard InChI is InChI=1S/C17H25N3O3/c1-13(11-20-8-7-18-12-20)9-19-10-14-5-6-15(21-2)17(23-4)16(14)22-3/h5-8,12-13,19H,9-11H2,1-4H3. The van der Waals surface area contributed by atoms with Gasteiger partial charge < -0.3 is 24.1 Å². The maximum Gasteiger partial charge on any atom is 0.203 e. The zero-order chi connectivity index (χ0) is 16.7. The van der Waals surface area contributed by atoms with Crippen LogP contribution in [-0.4, -0.2) is 37.4 Å². The third-order valence-electron chi connectivity index (χ3n) is 3.68. The monoisotopic (exact) mass is 319 g/mol. The molecule has 23 heavy (non-hydrogen) atoms. The first-order valence-electron chi connectivity index (χ1n) is 7.63.